The molecule has 0 atom stereocenters. The molecule has 3 N–H and O–H groups in total. The number of sulfonamides is 1. The molecular weight excluding hydrogens is 260 g/mol. The van der Waals surface area contributed by atoms with Gasteiger partial charge in [0.25, 0.3) is 10.0 Å². The fourth-order valence-corrected chi connectivity index (χ4v) is 2.13. The van der Waals surface area contributed by atoms with E-state index >= 15 is 0 Å². The van der Waals surface area contributed by atoms with Crippen LogP contribution < -0.4 is 15.4 Å². The normalized spacial score (nSPS) is 11.2. The molecule has 0 saturated carbocycles. The Morgan fingerprint density at radius 3 is 2.61 bits per heavy atom. The molecule has 0 aliphatic heterocycles. The summed E-state index contributed by atoms with van der Waals surface area (Å²) < 4.78 is 28.5. The zero-order valence-corrected chi connectivity index (χ0v) is 10.8. The molecular formula is C10H14N2O5S. The fourth-order valence-electron chi connectivity index (χ4n) is 1.24. The lowest BCUT2D eigenvalue weighted by Gasteiger charge is -2.09. The Kier molecular flexibility index (Phi) is 4.65. The molecule has 1 amide bonds. The van der Waals surface area contributed by atoms with Crippen LogP contribution in [0, 0.1) is 6.92 Å². The molecule has 8 heteroatoms. The Hall–Kier alpha value is -1.64. The minimum absolute atomic E-state index is 0.00488. The summed E-state index contributed by atoms with van der Waals surface area (Å²) in [5.41, 5.74) is 5.47. The van der Waals surface area contributed by atoms with Crippen LogP contribution in [0.3, 0.4) is 0 Å². The minimum Gasteiger partial charge on any atom is -0.496 e. The smallest absolute Gasteiger partial charge is 0.262 e. The quantitative estimate of drug-likeness (QED) is 0.692. The van der Waals surface area contributed by atoms with Gasteiger partial charge in [-0.2, -0.15) is 0 Å². The van der Waals surface area contributed by atoms with Gasteiger partial charge in [0.1, 0.15) is 12.4 Å². The van der Waals surface area contributed by atoms with Crippen LogP contribution in [0.25, 0.3) is 0 Å². The van der Waals surface area contributed by atoms with E-state index in [1.54, 1.807) is 11.8 Å². The SMILES string of the molecule is COc1ccc(S(=O)(=O)NOCC(N)=O)cc1C. The van der Waals surface area contributed by atoms with Gasteiger partial charge >= 0.3 is 0 Å². The van der Waals surface area contributed by atoms with Crippen molar-refractivity contribution in [2.45, 2.75) is 11.8 Å². The molecule has 1 aromatic rings. The highest BCUT2D eigenvalue weighted by molar-refractivity contribution is 7.89. The summed E-state index contributed by atoms with van der Waals surface area (Å²) in [7, 11) is -2.35. The number of carbonyl (C=O) groups excluding carboxylic acids is 1. The largest absolute Gasteiger partial charge is 0.496 e. The topological polar surface area (TPSA) is 108 Å². The van der Waals surface area contributed by atoms with Crippen molar-refractivity contribution in [3.63, 3.8) is 0 Å². The van der Waals surface area contributed by atoms with Gasteiger partial charge in [0.2, 0.25) is 5.91 Å². The van der Waals surface area contributed by atoms with E-state index in [0.717, 1.165) is 0 Å². The number of aryl methyl sites for hydroxylation is 1. The van der Waals surface area contributed by atoms with Crippen molar-refractivity contribution >= 4 is 15.9 Å². The Labute approximate surface area is 105 Å². The maximum atomic E-state index is 11.7. The molecule has 0 spiro atoms. The third kappa shape index (κ3) is 3.69. The number of nitrogens with two attached hydrogens (primary N) is 1. The Bertz CT molecular complexity index is 541. The van der Waals surface area contributed by atoms with E-state index in [4.69, 9.17) is 10.5 Å². The number of nitrogens with one attached hydrogen (secondary N) is 1. The molecule has 7 nitrogen and oxygen atoms in total. The number of hydrogen-bond acceptors (Lipinski definition) is 5. The van der Waals surface area contributed by atoms with Crippen LogP contribution in [0.15, 0.2) is 23.1 Å². The molecule has 0 aliphatic carbocycles. The van der Waals surface area contributed by atoms with Gasteiger partial charge in [-0.15, -0.1) is 0 Å². The van der Waals surface area contributed by atoms with Crippen molar-refractivity contribution in [2.75, 3.05) is 13.7 Å². The van der Waals surface area contributed by atoms with Gasteiger partial charge in [-0.1, -0.05) is 4.89 Å². The summed E-state index contributed by atoms with van der Waals surface area (Å²) in [6.45, 7) is 1.18. The van der Waals surface area contributed by atoms with Crippen molar-refractivity contribution in [1.82, 2.24) is 4.89 Å². The number of carbonyl (C=O) groups is 1. The maximum Gasteiger partial charge on any atom is 0.262 e. The molecule has 1 rings (SSSR count). The van der Waals surface area contributed by atoms with Crippen LogP contribution in [0.1, 0.15) is 5.56 Å². The second-order valence-corrected chi connectivity index (χ2v) is 5.12. The van der Waals surface area contributed by atoms with E-state index in [2.05, 4.69) is 4.84 Å². The van der Waals surface area contributed by atoms with E-state index in [0.29, 0.717) is 11.3 Å². The minimum atomic E-state index is -3.84. The van der Waals surface area contributed by atoms with Crippen molar-refractivity contribution in [3.8, 4) is 5.75 Å². The van der Waals surface area contributed by atoms with Gasteiger partial charge in [0.15, 0.2) is 0 Å². The van der Waals surface area contributed by atoms with E-state index in [1.165, 1.54) is 25.3 Å². The molecule has 0 bridgehead atoms. The van der Waals surface area contributed by atoms with Crippen LogP contribution in [0.2, 0.25) is 0 Å². The van der Waals surface area contributed by atoms with Gasteiger partial charge in [-0.25, -0.2) is 8.42 Å². The van der Waals surface area contributed by atoms with E-state index in [-0.39, 0.29) is 4.90 Å². The van der Waals surface area contributed by atoms with Crippen molar-refractivity contribution in [3.05, 3.63) is 23.8 Å². The van der Waals surface area contributed by atoms with Gasteiger partial charge < -0.3 is 10.5 Å². The zero-order chi connectivity index (χ0) is 13.8. The molecule has 0 fully saturated rings. The van der Waals surface area contributed by atoms with Crippen LogP contribution in [0.4, 0.5) is 0 Å². The number of primary amides is 1. The van der Waals surface area contributed by atoms with Gasteiger partial charge in [-0.3, -0.25) is 9.63 Å². The summed E-state index contributed by atoms with van der Waals surface area (Å²) in [5, 5.41) is 0. The van der Waals surface area contributed by atoms with Crippen molar-refractivity contribution < 1.29 is 22.8 Å². The van der Waals surface area contributed by atoms with Crippen LogP contribution in [0.5, 0.6) is 5.75 Å². The first-order chi connectivity index (χ1) is 8.36. The number of methoxy groups -OCH3 is 1. The lowest BCUT2D eigenvalue weighted by atomic mass is 10.2. The third-order valence-corrected chi connectivity index (χ3v) is 3.27. The number of benzene rings is 1. The molecule has 0 heterocycles. The highest BCUT2D eigenvalue weighted by Gasteiger charge is 2.15. The first kappa shape index (κ1) is 14.4. The summed E-state index contributed by atoms with van der Waals surface area (Å²) in [6, 6.07) is 4.31. The van der Waals surface area contributed by atoms with Crippen molar-refractivity contribution in [2.24, 2.45) is 5.73 Å². The first-order valence-electron chi connectivity index (χ1n) is 4.93. The average Bonchev–Trinajstić information content (AvgIpc) is 2.28. The number of rotatable bonds is 6. The zero-order valence-electron chi connectivity index (χ0n) is 9.97. The number of ether oxygens (including phenoxy) is 1. The lowest BCUT2D eigenvalue weighted by Crippen LogP contribution is -2.29. The third-order valence-electron chi connectivity index (χ3n) is 2.06. The Balaban J connectivity index is 2.85. The summed E-state index contributed by atoms with van der Waals surface area (Å²) in [6.07, 6.45) is 0. The second kappa shape index (κ2) is 5.80. The standard InChI is InChI=1S/C10H14N2O5S/c1-7-5-8(3-4-9(7)16-2)18(14,15)12-17-6-10(11)13/h3-5,12H,6H2,1-2H3,(H2,11,13). The lowest BCUT2D eigenvalue weighted by molar-refractivity contribution is -0.123. The van der Waals surface area contributed by atoms with Gasteiger partial charge in [0.05, 0.1) is 12.0 Å². The molecule has 0 aromatic heterocycles. The highest BCUT2D eigenvalue weighted by atomic mass is 32.2. The van der Waals surface area contributed by atoms with E-state index in [9.17, 15) is 13.2 Å². The summed E-state index contributed by atoms with van der Waals surface area (Å²) in [5.74, 6) is -0.199. The molecule has 0 aliphatic rings. The number of amides is 1. The average molecular weight is 274 g/mol. The molecule has 0 saturated heterocycles. The Morgan fingerprint density at radius 2 is 2.11 bits per heavy atom. The predicted octanol–water partition coefficient (Wildman–Crippen LogP) is -0.301. The Morgan fingerprint density at radius 1 is 1.44 bits per heavy atom. The van der Waals surface area contributed by atoms with Crippen molar-refractivity contribution in [1.29, 1.82) is 0 Å². The maximum absolute atomic E-state index is 11.7. The second-order valence-electron chi connectivity index (χ2n) is 3.47. The summed E-state index contributed by atoms with van der Waals surface area (Å²) >= 11 is 0. The first-order valence-corrected chi connectivity index (χ1v) is 6.41. The molecule has 0 radical (unpaired) electrons. The van der Waals surface area contributed by atoms with Crippen LogP contribution in [-0.2, 0) is 19.7 Å². The highest BCUT2D eigenvalue weighted by Crippen LogP contribution is 2.21. The number of hydrogen-bond donors (Lipinski definition) is 2. The van der Waals surface area contributed by atoms with Crippen LogP contribution in [-0.4, -0.2) is 28.0 Å². The molecule has 1 aromatic carbocycles. The fraction of sp³-hybridized carbons (Fsp3) is 0.300. The molecule has 18 heavy (non-hydrogen) atoms. The van der Waals surface area contributed by atoms with E-state index in [1.807, 2.05) is 0 Å². The van der Waals surface area contributed by atoms with Gasteiger partial charge in [0, 0.05) is 0 Å². The molecule has 0 unspecified atom stereocenters. The van der Waals surface area contributed by atoms with E-state index < -0.39 is 22.5 Å². The summed E-state index contributed by atoms with van der Waals surface area (Å²) in [4.78, 5) is 16.7. The molecule has 100 valence electrons. The predicted molar refractivity (Wildman–Crippen MR) is 63.2 cm³/mol. The monoisotopic (exact) mass is 274 g/mol. The van der Waals surface area contributed by atoms with Gasteiger partial charge in [-0.05, 0) is 30.7 Å². The van der Waals surface area contributed by atoms with Crippen LogP contribution >= 0.6 is 0 Å².